The molecule has 0 spiro atoms. The summed E-state index contributed by atoms with van der Waals surface area (Å²) in [6.07, 6.45) is 1.92. The molecule has 0 aromatic carbocycles. The van der Waals surface area contributed by atoms with Crippen LogP contribution in [0.25, 0.3) is 0 Å². The fourth-order valence-electron chi connectivity index (χ4n) is 1.91. The minimum absolute atomic E-state index is 0.0569. The third-order valence-corrected chi connectivity index (χ3v) is 4.03. The van der Waals surface area contributed by atoms with Gasteiger partial charge in [-0.25, -0.2) is 18.1 Å². The number of nitrogens with zero attached hydrogens (tertiary/aromatic N) is 1. The number of anilines is 1. The molecule has 0 bridgehead atoms. The van der Waals surface area contributed by atoms with Crippen molar-refractivity contribution in [2.24, 2.45) is 5.92 Å². The van der Waals surface area contributed by atoms with Crippen LogP contribution in [0.15, 0.2) is 23.2 Å². The monoisotopic (exact) mass is 287 g/mol. The molecule has 1 aromatic heterocycles. The Bertz CT molecular complexity index is 527. The quantitative estimate of drug-likeness (QED) is 0.715. The van der Waals surface area contributed by atoms with Crippen LogP contribution in [0.1, 0.15) is 27.2 Å². The van der Waals surface area contributed by atoms with Gasteiger partial charge in [0.1, 0.15) is 10.7 Å². The average Bonchev–Trinajstić information content (AvgIpc) is 2.25. The van der Waals surface area contributed by atoms with Crippen molar-refractivity contribution in [1.29, 1.82) is 0 Å². The molecule has 108 valence electrons. The van der Waals surface area contributed by atoms with Gasteiger partial charge in [0, 0.05) is 12.7 Å². The Morgan fingerprint density at radius 2 is 2.16 bits per heavy atom. The first-order chi connectivity index (χ1) is 8.64. The van der Waals surface area contributed by atoms with E-state index in [0.29, 0.717) is 6.42 Å². The molecular formula is C12H21N3O3S. The molecule has 1 rings (SSSR count). The molecular weight excluding hydrogens is 266 g/mol. The third kappa shape index (κ3) is 4.77. The predicted octanol–water partition coefficient (Wildman–Crippen LogP) is 0.739. The van der Waals surface area contributed by atoms with Gasteiger partial charge in [-0.05, 0) is 31.4 Å². The lowest BCUT2D eigenvalue weighted by Crippen LogP contribution is -2.41. The van der Waals surface area contributed by atoms with Gasteiger partial charge in [-0.15, -0.1) is 0 Å². The topological polar surface area (TPSA) is 105 Å². The Kier molecular flexibility index (Phi) is 4.89. The fourth-order valence-corrected chi connectivity index (χ4v) is 3.15. The third-order valence-electron chi connectivity index (χ3n) is 2.58. The number of nitrogens with two attached hydrogens (primary N) is 1. The molecule has 1 unspecified atom stereocenters. The molecule has 1 heterocycles. The van der Waals surface area contributed by atoms with Gasteiger partial charge in [0.15, 0.2) is 0 Å². The average molecular weight is 287 g/mol. The second kappa shape index (κ2) is 5.85. The Morgan fingerprint density at radius 3 is 2.68 bits per heavy atom. The van der Waals surface area contributed by atoms with Crippen molar-refractivity contribution in [3.8, 4) is 0 Å². The molecule has 7 heteroatoms. The number of aliphatic hydroxyl groups is 1. The van der Waals surface area contributed by atoms with E-state index in [1.54, 1.807) is 6.92 Å². The molecule has 0 saturated heterocycles. The Balaban J connectivity index is 2.80. The van der Waals surface area contributed by atoms with Crippen molar-refractivity contribution in [2.45, 2.75) is 37.7 Å². The van der Waals surface area contributed by atoms with E-state index < -0.39 is 15.6 Å². The SMILES string of the molecule is CC(C)CC(C)(O)CNS(=O)(=O)c1cccnc1N. The Labute approximate surface area is 114 Å². The molecule has 0 saturated carbocycles. The van der Waals surface area contributed by atoms with Gasteiger partial charge >= 0.3 is 0 Å². The maximum Gasteiger partial charge on any atom is 0.244 e. The van der Waals surface area contributed by atoms with Crippen LogP contribution >= 0.6 is 0 Å². The highest BCUT2D eigenvalue weighted by molar-refractivity contribution is 7.89. The highest BCUT2D eigenvalue weighted by atomic mass is 32.2. The van der Waals surface area contributed by atoms with Crippen molar-refractivity contribution in [2.75, 3.05) is 12.3 Å². The van der Waals surface area contributed by atoms with E-state index in [4.69, 9.17) is 5.73 Å². The van der Waals surface area contributed by atoms with Crippen molar-refractivity contribution in [1.82, 2.24) is 9.71 Å². The van der Waals surface area contributed by atoms with E-state index in [2.05, 4.69) is 9.71 Å². The van der Waals surface area contributed by atoms with Crippen LogP contribution in [0.5, 0.6) is 0 Å². The number of nitrogens with one attached hydrogen (secondary N) is 1. The van der Waals surface area contributed by atoms with E-state index in [1.807, 2.05) is 13.8 Å². The van der Waals surface area contributed by atoms with Crippen LogP contribution in [0.2, 0.25) is 0 Å². The molecule has 0 fully saturated rings. The minimum atomic E-state index is -3.76. The molecule has 0 radical (unpaired) electrons. The van der Waals surface area contributed by atoms with Gasteiger partial charge in [-0.3, -0.25) is 0 Å². The van der Waals surface area contributed by atoms with E-state index in [0.717, 1.165) is 0 Å². The number of hydrogen-bond acceptors (Lipinski definition) is 5. The molecule has 4 N–H and O–H groups in total. The molecule has 19 heavy (non-hydrogen) atoms. The largest absolute Gasteiger partial charge is 0.389 e. The minimum Gasteiger partial charge on any atom is -0.389 e. The van der Waals surface area contributed by atoms with Gasteiger partial charge in [0.2, 0.25) is 10.0 Å². The fraction of sp³-hybridized carbons (Fsp3) is 0.583. The Morgan fingerprint density at radius 1 is 1.53 bits per heavy atom. The summed E-state index contributed by atoms with van der Waals surface area (Å²) < 4.78 is 26.5. The van der Waals surface area contributed by atoms with Gasteiger partial charge in [0.25, 0.3) is 0 Å². The van der Waals surface area contributed by atoms with Crippen LogP contribution in [0, 0.1) is 5.92 Å². The highest BCUT2D eigenvalue weighted by Gasteiger charge is 2.26. The highest BCUT2D eigenvalue weighted by Crippen LogP contribution is 2.18. The summed E-state index contributed by atoms with van der Waals surface area (Å²) in [4.78, 5) is 3.66. The Hall–Kier alpha value is -1.18. The van der Waals surface area contributed by atoms with Crippen LogP contribution < -0.4 is 10.5 Å². The lowest BCUT2D eigenvalue weighted by Gasteiger charge is -2.25. The molecule has 1 aromatic rings. The molecule has 0 aliphatic rings. The van der Waals surface area contributed by atoms with Gasteiger partial charge in [-0.2, -0.15) is 0 Å². The summed E-state index contributed by atoms with van der Waals surface area (Å²) >= 11 is 0. The number of pyridine rings is 1. The van der Waals surface area contributed by atoms with Crippen molar-refractivity contribution >= 4 is 15.8 Å². The standard InChI is InChI=1S/C12H21N3O3S/c1-9(2)7-12(3,16)8-15-19(17,18)10-5-4-6-14-11(10)13/h4-6,9,15-16H,7-8H2,1-3H3,(H2,13,14). The first-order valence-electron chi connectivity index (χ1n) is 6.06. The van der Waals surface area contributed by atoms with Crippen LogP contribution in [-0.2, 0) is 10.0 Å². The molecule has 6 nitrogen and oxygen atoms in total. The predicted molar refractivity (Wildman–Crippen MR) is 73.9 cm³/mol. The molecule has 0 aliphatic heterocycles. The van der Waals surface area contributed by atoms with Crippen molar-refractivity contribution in [3.63, 3.8) is 0 Å². The van der Waals surface area contributed by atoms with Crippen molar-refractivity contribution in [3.05, 3.63) is 18.3 Å². The molecule has 0 aliphatic carbocycles. The summed E-state index contributed by atoms with van der Waals surface area (Å²) in [6, 6.07) is 2.87. The lowest BCUT2D eigenvalue weighted by atomic mass is 9.95. The zero-order valence-corrected chi connectivity index (χ0v) is 12.2. The maximum atomic E-state index is 12.0. The van der Waals surface area contributed by atoms with Gasteiger partial charge in [-0.1, -0.05) is 13.8 Å². The summed E-state index contributed by atoms with van der Waals surface area (Å²) in [6.45, 7) is 5.45. The first kappa shape index (κ1) is 15.9. The second-order valence-electron chi connectivity index (χ2n) is 5.31. The molecule has 0 amide bonds. The van der Waals surface area contributed by atoms with Crippen molar-refractivity contribution < 1.29 is 13.5 Å². The van der Waals surface area contributed by atoms with E-state index in [9.17, 15) is 13.5 Å². The van der Waals surface area contributed by atoms with E-state index in [1.165, 1.54) is 18.3 Å². The number of hydrogen-bond donors (Lipinski definition) is 3. The number of nitrogen functional groups attached to an aromatic ring is 1. The van der Waals surface area contributed by atoms with Gasteiger partial charge < -0.3 is 10.8 Å². The van der Waals surface area contributed by atoms with E-state index >= 15 is 0 Å². The van der Waals surface area contributed by atoms with Crippen LogP contribution in [-0.4, -0.2) is 30.7 Å². The van der Waals surface area contributed by atoms with Crippen LogP contribution in [0.3, 0.4) is 0 Å². The smallest absolute Gasteiger partial charge is 0.244 e. The number of sulfonamides is 1. The lowest BCUT2D eigenvalue weighted by molar-refractivity contribution is 0.0437. The second-order valence-corrected chi connectivity index (χ2v) is 7.04. The van der Waals surface area contributed by atoms with E-state index in [-0.39, 0.29) is 23.2 Å². The zero-order valence-electron chi connectivity index (χ0n) is 11.4. The summed E-state index contributed by atoms with van der Waals surface area (Å²) in [7, 11) is -3.76. The number of aromatic nitrogens is 1. The zero-order chi connectivity index (χ0) is 14.7. The summed E-state index contributed by atoms with van der Waals surface area (Å²) in [5.41, 5.74) is 4.43. The molecule has 1 atom stereocenters. The van der Waals surface area contributed by atoms with Crippen LogP contribution in [0.4, 0.5) is 5.82 Å². The summed E-state index contributed by atoms with van der Waals surface area (Å²) in [5.74, 6) is 0.210. The normalized spacial score (nSPS) is 15.4. The number of rotatable bonds is 6. The first-order valence-corrected chi connectivity index (χ1v) is 7.55. The summed E-state index contributed by atoms with van der Waals surface area (Å²) in [5, 5.41) is 10.1. The maximum absolute atomic E-state index is 12.0. The van der Waals surface area contributed by atoms with Gasteiger partial charge in [0.05, 0.1) is 5.60 Å².